The third-order valence-corrected chi connectivity index (χ3v) is 1.89. The van der Waals surface area contributed by atoms with Crippen LogP contribution in [0.15, 0.2) is 0 Å². The van der Waals surface area contributed by atoms with Gasteiger partial charge in [0.2, 0.25) is 0 Å². The van der Waals surface area contributed by atoms with E-state index in [1.807, 2.05) is 13.8 Å². The quantitative estimate of drug-likeness (QED) is 0.612. The van der Waals surface area contributed by atoms with Gasteiger partial charge in [0.15, 0.2) is 0 Å². The van der Waals surface area contributed by atoms with Crippen LogP contribution < -0.4 is 5.73 Å². The molecule has 3 nitrogen and oxygen atoms in total. The number of hydrogen-bond acceptors (Lipinski definition) is 3. The van der Waals surface area contributed by atoms with E-state index in [2.05, 4.69) is 0 Å². The Bertz CT molecular complexity index is 146. The molecule has 0 heterocycles. The van der Waals surface area contributed by atoms with Crippen molar-refractivity contribution >= 4 is 5.78 Å². The molecule has 0 saturated heterocycles. The van der Waals surface area contributed by atoms with Gasteiger partial charge in [-0.15, -0.1) is 0 Å². The standard InChI is InChI=1S/C10H21NO2/c1-8(2)7-10(12)9(11)5-4-6-13-3/h8-9H,4-7,11H2,1-3H3. The monoisotopic (exact) mass is 187 g/mol. The lowest BCUT2D eigenvalue weighted by molar-refractivity contribution is -0.121. The molecular formula is C10H21NO2. The summed E-state index contributed by atoms with van der Waals surface area (Å²) >= 11 is 0. The van der Waals surface area contributed by atoms with Gasteiger partial charge in [-0.25, -0.2) is 0 Å². The van der Waals surface area contributed by atoms with E-state index in [1.54, 1.807) is 7.11 Å². The first-order chi connectivity index (χ1) is 6.07. The smallest absolute Gasteiger partial charge is 0.149 e. The van der Waals surface area contributed by atoms with Crippen LogP contribution in [-0.4, -0.2) is 25.5 Å². The Morgan fingerprint density at radius 1 is 1.46 bits per heavy atom. The van der Waals surface area contributed by atoms with Crippen molar-refractivity contribution in [3.63, 3.8) is 0 Å². The number of ether oxygens (including phenoxy) is 1. The lowest BCUT2D eigenvalue weighted by Crippen LogP contribution is -2.31. The zero-order chi connectivity index (χ0) is 10.3. The minimum Gasteiger partial charge on any atom is -0.385 e. The summed E-state index contributed by atoms with van der Waals surface area (Å²) in [4.78, 5) is 11.4. The maximum atomic E-state index is 11.4. The highest BCUT2D eigenvalue weighted by atomic mass is 16.5. The molecule has 3 heteroatoms. The number of carbonyl (C=O) groups is 1. The van der Waals surface area contributed by atoms with Gasteiger partial charge in [-0.3, -0.25) is 4.79 Å². The van der Waals surface area contributed by atoms with Crippen LogP contribution in [0.25, 0.3) is 0 Å². The SMILES string of the molecule is COCCCC(N)C(=O)CC(C)C. The van der Waals surface area contributed by atoms with Crippen molar-refractivity contribution < 1.29 is 9.53 Å². The van der Waals surface area contributed by atoms with Crippen molar-refractivity contribution in [3.8, 4) is 0 Å². The van der Waals surface area contributed by atoms with Gasteiger partial charge < -0.3 is 10.5 Å². The van der Waals surface area contributed by atoms with Gasteiger partial charge in [0.05, 0.1) is 6.04 Å². The van der Waals surface area contributed by atoms with Crippen LogP contribution in [0.5, 0.6) is 0 Å². The molecule has 0 aliphatic carbocycles. The van der Waals surface area contributed by atoms with E-state index < -0.39 is 0 Å². The van der Waals surface area contributed by atoms with E-state index in [0.717, 1.165) is 12.8 Å². The first-order valence-corrected chi connectivity index (χ1v) is 4.85. The Hall–Kier alpha value is -0.410. The Morgan fingerprint density at radius 2 is 2.08 bits per heavy atom. The molecule has 2 N–H and O–H groups in total. The van der Waals surface area contributed by atoms with Crippen molar-refractivity contribution in [2.75, 3.05) is 13.7 Å². The van der Waals surface area contributed by atoms with Crippen LogP contribution in [0.2, 0.25) is 0 Å². The summed E-state index contributed by atoms with van der Waals surface area (Å²) in [6.07, 6.45) is 2.19. The summed E-state index contributed by atoms with van der Waals surface area (Å²) in [5.74, 6) is 0.576. The van der Waals surface area contributed by atoms with Crippen LogP contribution in [0.4, 0.5) is 0 Å². The van der Waals surface area contributed by atoms with E-state index in [9.17, 15) is 4.79 Å². The molecule has 0 amide bonds. The van der Waals surface area contributed by atoms with Crippen LogP contribution in [0.1, 0.15) is 33.1 Å². The number of methoxy groups -OCH3 is 1. The molecule has 0 aromatic rings. The molecule has 0 radical (unpaired) electrons. The minimum atomic E-state index is -0.294. The zero-order valence-electron chi connectivity index (χ0n) is 8.88. The van der Waals surface area contributed by atoms with Gasteiger partial charge in [0, 0.05) is 20.1 Å². The zero-order valence-corrected chi connectivity index (χ0v) is 8.88. The molecule has 13 heavy (non-hydrogen) atoms. The van der Waals surface area contributed by atoms with Gasteiger partial charge in [0.25, 0.3) is 0 Å². The molecule has 0 aliphatic heterocycles. The number of hydrogen-bond donors (Lipinski definition) is 1. The summed E-state index contributed by atoms with van der Waals surface area (Å²) in [5.41, 5.74) is 5.70. The Balaban J connectivity index is 3.57. The maximum Gasteiger partial charge on any atom is 0.149 e. The highest BCUT2D eigenvalue weighted by Crippen LogP contribution is 2.05. The van der Waals surface area contributed by atoms with Crippen molar-refractivity contribution in [3.05, 3.63) is 0 Å². The van der Waals surface area contributed by atoms with E-state index in [1.165, 1.54) is 0 Å². The van der Waals surface area contributed by atoms with E-state index >= 15 is 0 Å². The van der Waals surface area contributed by atoms with Crippen molar-refractivity contribution in [1.29, 1.82) is 0 Å². The molecule has 0 aliphatic rings. The fraction of sp³-hybridized carbons (Fsp3) is 0.900. The van der Waals surface area contributed by atoms with Crippen LogP contribution in [0.3, 0.4) is 0 Å². The summed E-state index contributed by atoms with van der Waals surface area (Å²) in [6.45, 7) is 4.74. The summed E-state index contributed by atoms with van der Waals surface area (Å²) in [6, 6.07) is -0.294. The number of ketones is 1. The average Bonchev–Trinajstić information content (AvgIpc) is 2.03. The second-order valence-electron chi connectivity index (χ2n) is 3.81. The third kappa shape index (κ3) is 6.72. The molecular weight excluding hydrogens is 166 g/mol. The first kappa shape index (κ1) is 12.6. The Kier molecular flexibility index (Phi) is 6.82. The van der Waals surface area contributed by atoms with Gasteiger partial charge in [-0.1, -0.05) is 13.8 Å². The second kappa shape index (κ2) is 7.04. The van der Waals surface area contributed by atoms with Crippen LogP contribution in [-0.2, 0) is 9.53 Å². The summed E-state index contributed by atoms with van der Waals surface area (Å²) in [5, 5.41) is 0. The predicted molar refractivity (Wildman–Crippen MR) is 53.5 cm³/mol. The van der Waals surface area contributed by atoms with E-state index in [-0.39, 0.29) is 11.8 Å². The average molecular weight is 187 g/mol. The van der Waals surface area contributed by atoms with E-state index in [0.29, 0.717) is 18.9 Å². The van der Waals surface area contributed by atoms with Gasteiger partial charge in [0.1, 0.15) is 5.78 Å². The predicted octanol–water partition coefficient (Wildman–Crippen LogP) is 1.36. The highest BCUT2D eigenvalue weighted by Gasteiger charge is 2.13. The van der Waals surface area contributed by atoms with Crippen LogP contribution >= 0.6 is 0 Å². The lowest BCUT2D eigenvalue weighted by Gasteiger charge is -2.11. The lowest BCUT2D eigenvalue weighted by atomic mass is 9.99. The third-order valence-electron chi connectivity index (χ3n) is 1.89. The minimum absolute atomic E-state index is 0.172. The molecule has 1 unspecified atom stereocenters. The first-order valence-electron chi connectivity index (χ1n) is 4.85. The highest BCUT2D eigenvalue weighted by molar-refractivity contribution is 5.83. The molecule has 0 spiro atoms. The number of nitrogens with two attached hydrogens (primary N) is 1. The molecule has 0 bridgehead atoms. The number of carbonyl (C=O) groups excluding carboxylic acids is 1. The largest absolute Gasteiger partial charge is 0.385 e. The molecule has 1 atom stereocenters. The second-order valence-corrected chi connectivity index (χ2v) is 3.81. The van der Waals surface area contributed by atoms with Crippen molar-refractivity contribution in [2.24, 2.45) is 11.7 Å². The summed E-state index contributed by atoms with van der Waals surface area (Å²) in [7, 11) is 1.65. The van der Waals surface area contributed by atoms with E-state index in [4.69, 9.17) is 10.5 Å². The topological polar surface area (TPSA) is 52.3 Å². The van der Waals surface area contributed by atoms with Crippen molar-refractivity contribution in [1.82, 2.24) is 0 Å². The molecule has 0 fully saturated rings. The Labute approximate surface area is 80.6 Å². The van der Waals surface area contributed by atoms with Crippen LogP contribution in [0, 0.1) is 5.92 Å². The van der Waals surface area contributed by atoms with Gasteiger partial charge in [-0.05, 0) is 18.8 Å². The molecule has 78 valence electrons. The normalized spacial score (nSPS) is 13.3. The number of rotatable bonds is 7. The maximum absolute atomic E-state index is 11.4. The number of Topliss-reactive ketones (excluding diaryl/α,β-unsaturated/α-hetero) is 1. The Morgan fingerprint density at radius 3 is 2.54 bits per heavy atom. The molecule has 0 aromatic carbocycles. The van der Waals surface area contributed by atoms with Gasteiger partial charge >= 0.3 is 0 Å². The fourth-order valence-electron chi connectivity index (χ4n) is 1.16. The van der Waals surface area contributed by atoms with Crippen molar-refractivity contribution in [2.45, 2.75) is 39.2 Å². The van der Waals surface area contributed by atoms with Gasteiger partial charge in [-0.2, -0.15) is 0 Å². The fourth-order valence-corrected chi connectivity index (χ4v) is 1.16. The molecule has 0 saturated carbocycles. The molecule has 0 rings (SSSR count). The molecule has 0 aromatic heterocycles. The summed E-state index contributed by atoms with van der Waals surface area (Å²) < 4.78 is 4.89.